The van der Waals surface area contributed by atoms with E-state index >= 15 is 0 Å². The molecule has 1 unspecified atom stereocenters. The fourth-order valence-electron chi connectivity index (χ4n) is 4.89. The first-order chi connectivity index (χ1) is 16.8. The molecule has 0 saturated heterocycles. The Kier molecular flexibility index (Phi) is 5.68. The molecule has 5 rings (SSSR count). The van der Waals surface area contributed by atoms with Gasteiger partial charge in [0, 0.05) is 47.0 Å². The molecule has 1 atom stereocenters. The summed E-state index contributed by atoms with van der Waals surface area (Å²) in [6.07, 6.45) is 2.89. The third-order valence-electron chi connectivity index (χ3n) is 6.58. The van der Waals surface area contributed by atoms with E-state index in [9.17, 15) is 19.7 Å². The second-order valence-electron chi connectivity index (χ2n) is 8.87. The third kappa shape index (κ3) is 3.99. The molecule has 2 aromatic carbocycles. The highest BCUT2D eigenvalue weighted by Gasteiger charge is 2.36. The van der Waals surface area contributed by atoms with Crippen LogP contribution in [0, 0.1) is 17.0 Å². The van der Waals surface area contributed by atoms with Crippen molar-refractivity contribution in [1.82, 2.24) is 5.43 Å². The molecule has 0 bridgehead atoms. The number of amides is 2. The van der Waals surface area contributed by atoms with Gasteiger partial charge in [0.2, 0.25) is 0 Å². The molecule has 35 heavy (non-hydrogen) atoms. The van der Waals surface area contributed by atoms with Crippen LogP contribution in [0.3, 0.4) is 0 Å². The molecule has 1 N–H and O–H groups in total. The first kappa shape index (κ1) is 22.5. The number of hydrazone groups is 1. The summed E-state index contributed by atoms with van der Waals surface area (Å²) in [5.41, 5.74) is 6.88. The summed E-state index contributed by atoms with van der Waals surface area (Å²) in [4.78, 5) is 38.2. The van der Waals surface area contributed by atoms with Crippen molar-refractivity contribution in [3.8, 4) is 0 Å². The number of carbonyl (C=O) groups is 2. The van der Waals surface area contributed by atoms with Gasteiger partial charge in [-0.2, -0.15) is 5.10 Å². The summed E-state index contributed by atoms with van der Waals surface area (Å²) in [5, 5.41) is 15.2. The lowest BCUT2D eigenvalue weighted by atomic mass is 9.93. The molecule has 0 spiro atoms. The Bertz CT molecular complexity index is 1370. The van der Waals surface area contributed by atoms with Crippen LogP contribution in [0.4, 0.5) is 11.4 Å². The van der Waals surface area contributed by atoms with Crippen LogP contribution in [0.5, 0.6) is 0 Å². The smallest absolute Gasteiger partial charge is 0.294 e. The lowest BCUT2D eigenvalue weighted by molar-refractivity contribution is -0.384. The lowest BCUT2D eigenvalue weighted by Gasteiger charge is -2.21. The molecule has 0 saturated carbocycles. The predicted octanol–water partition coefficient (Wildman–Crippen LogP) is 4.56. The van der Waals surface area contributed by atoms with Gasteiger partial charge in [-0.1, -0.05) is 18.2 Å². The molecule has 9 nitrogen and oxygen atoms in total. The van der Waals surface area contributed by atoms with Gasteiger partial charge >= 0.3 is 0 Å². The van der Waals surface area contributed by atoms with Crippen molar-refractivity contribution in [2.75, 3.05) is 4.90 Å². The van der Waals surface area contributed by atoms with E-state index in [0.29, 0.717) is 35.6 Å². The molecule has 2 aliphatic rings. The normalized spacial score (nSPS) is 17.7. The van der Waals surface area contributed by atoms with Crippen molar-refractivity contribution < 1.29 is 18.9 Å². The van der Waals surface area contributed by atoms with E-state index in [1.54, 1.807) is 4.90 Å². The fourth-order valence-corrected chi connectivity index (χ4v) is 4.89. The van der Waals surface area contributed by atoms with Gasteiger partial charge in [-0.25, -0.2) is 5.43 Å². The molecule has 0 fully saturated rings. The number of fused-ring (bicyclic) bond motifs is 2. The number of aryl methyl sites for hydroxylation is 1. The summed E-state index contributed by atoms with van der Waals surface area (Å²) in [5.74, 6) is 0.346. The summed E-state index contributed by atoms with van der Waals surface area (Å²) >= 11 is 0. The molecule has 2 amide bonds. The van der Waals surface area contributed by atoms with E-state index in [4.69, 9.17) is 4.42 Å². The number of furan rings is 1. The minimum Gasteiger partial charge on any atom is -0.455 e. The second-order valence-corrected chi connectivity index (χ2v) is 8.87. The maximum absolute atomic E-state index is 13.6. The standard InChI is InChI=1S/C26H24N4O5/c1-15-14-18-6-3-4-8-21(18)29(15)26(32)24-16(2)23-20(7-5-9-22(23)35-24)27-28-25(31)17-10-12-19(13-11-17)30(33)34/h3-4,6,8,10-13,15H,5,7,9,14H2,1-2H3,(H,28,31)/b27-20+. The van der Waals surface area contributed by atoms with Crippen LogP contribution in [0.1, 0.15) is 63.1 Å². The molecule has 1 aliphatic heterocycles. The summed E-state index contributed by atoms with van der Waals surface area (Å²) in [6, 6.07) is 13.2. The molecule has 2 heterocycles. The number of carbonyl (C=O) groups excluding carboxylic acids is 2. The fraction of sp³-hybridized carbons (Fsp3) is 0.269. The predicted molar refractivity (Wildman–Crippen MR) is 130 cm³/mol. The third-order valence-corrected chi connectivity index (χ3v) is 6.58. The quantitative estimate of drug-likeness (QED) is 0.441. The average Bonchev–Trinajstić information content (AvgIpc) is 3.38. The van der Waals surface area contributed by atoms with E-state index in [0.717, 1.165) is 29.7 Å². The first-order valence-electron chi connectivity index (χ1n) is 11.5. The number of nitro benzene ring substituents is 1. The number of non-ortho nitro benzene ring substituents is 1. The van der Waals surface area contributed by atoms with Crippen LogP contribution in [-0.4, -0.2) is 28.5 Å². The highest BCUT2D eigenvalue weighted by molar-refractivity contribution is 6.11. The van der Waals surface area contributed by atoms with E-state index in [2.05, 4.69) is 10.5 Å². The number of rotatable bonds is 4. The maximum atomic E-state index is 13.6. The zero-order chi connectivity index (χ0) is 24.7. The van der Waals surface area contributed by atoms with Crippen LogP contribution in [0.15, 0.2) is 58.0 Å². The zero-order valence-corrected chi connectivity index (χ0v) is 19.4. The Labute approximate surface area is 201 Å². The number of nitro groups is 1. The van der Waals surface area contributed by atoms with Crippen LogP contribution in [0.25, 0.3) is 0 Å². The number of nitrogens with one attached hydrogen (secondary N) is 1. The molecule has 1 aromatic heterocycles. The Balaban J connectivity index is 1.41. The van der Waals surface area contributed by atoms with Crippen LogP contribution in [-0.2, 0) is 12.8 Å². The van der Waals surface area contributed by atoms with Gasteiger partial charge in [0.15, 0.2) is 5.76 Å². The van der Waals surface area contributed by atoms with Gasteiger partial charge in [0.05, 0.1) is 10.6 Å². The molecule has 1 aliphatic carbocycles. The molecular weight excluding hydrogens is 448 g/mol. The maximum Gasteiger partial charge on any atom is 0.294 e. The van der Waals surface area contributed by atoms with E-state index < -0.39 is 10.8 Å². The largest absolute Gasteiger partial charge is 0.455 e. The van der Waals surface area contributed by atoms with Gasteiger partial charge in [-0.05, 0) is 56.9 Å². The van der Waals surface area contributed by atoms with Gasteiger partial charge in [0.1, 0.15) is 5.76 Å². The van der Waals surface area contributed by atoms with E-state index in [1.165, 1.54) is 24.3 Å². The first-order valence-corrected chi connectivity index (χ1v) is 11.5. The zero-order valence-electron chi connectivity index (χ0n) is 19.4. The van der Waals surface area contributed by atoms with Gasteiger partial charge in [-0.3, -0.25) is 19.7 Å². The number of anilines is 1. The minimum atomic E-state index is -0.520. The highest BCUT2D eigenvalue weighted by Crippen LogP contribution is 2.36. The number of hydrogen-bond donors (Lipinski definition) is 1. The average molecular weight is 473 g/mol. The van der Waals surface area contributed by atoms with E-state index in [-0.39, 0.29) is 23.2 Å². The van der Waals surface area contributed by atoms with Crippen LogP contribution < -0.4 is 10.3 Å². The number of benzene rings is 2. The second kappa shape index (κ2) is 8.83. The molecular formula is C26H24N4O5. The van der Waals surface area contributed by atoms with Crippen molar-refractivity contribution in [2.45, 2.75) is 45.6 Å². The minimum absolute atomic E-state index is 0.0237. The van der Waals surface area contributed by atoms with Crippen molar-refractivity contribution in [2.24, 2.45) is 5.10 Å². The SMILES string of the molecule is Cc1c(C(=O)N2c3ccccc3CC2C)oc2c1/C(=N/NC(=O)c1ccc([N+](=O)[O-])cc1)CCC2. The molecule has 0 radical (unpaired) electrons. The van der Waals surface area contributed by atoms with Crippen LogP contribution in [0.2, 0.25) is 0 Å². The lowest BCUT2D eigenvalue weighted by Crippen LogP contribution is -2.35. The monoisotopic (exact) mass is 472 g/mol. The molecule has 3 aromatic rings. The van der Waals surface area contributed by atoms with Crippen LogP contribution >= 0.6 is 0 Å². The number of hydrogen-bond acceptors (Lipinski definition) is 6. The van der Waals surface area contributed by atoms with Crippen molar-refractivity contribution in [1.29, 1.82) is 0 Å². The van der Waals surface area contributed by atoms with Gasteiger partial charge < -0.3 is 9.32 Å². The summed E-state index contributed by atoms with van der Waals surface area (Å²) in [6.45, 7) is 3.87. The number of para-hydroxylation sites is 1. The summed E-state index contributed by atoms with van der Waals surface area (Å²) < 4.78 is 6.08. The van der Waals surface area contributed by atoms with Gasteiger partial charge in [-0.15, -0.1) is 0 Å². The highest BCUT2D eigenvalue weighted by atomic mass is 16.6. The van der Waals surface area contributed by atoms with Crippen molar-refractivity contribution >= 4 is 28.9 Å². The Hall–Kier alpha value is -4.27. The Morgan fingerprint density at radius 1 is 1.14 bits per heavy atom. The van der Waals surface area contributed by atoms with E-state index in [1.807, 2.05) is 38.1 Å². The number of nitrogens with zero attached hydrogens (tertiary/aromatic N) is 3. The Morgan fingerprint density at radius 2 is 1.89 bits per heavy atom. The Morgan fingerprint density at radius 3 is 2.63 bits per heavy atom. The van der Waals surface area contributed by atoms with Crippen molar-refractivity contribution in [3.63, 3.8) is 0 Å². The molecule has 178 valence electrons. The van der Waals surface area contributed by atoms with Gasteiger partial charge in [0.25, 0.3) is 17.5 Å². The van der Waals surface area contributed by atoms with Crippen molar-refractivity contribution in [3.05, 3.63) is 92.4 Å². The summed E-state index contributed by atoms with van der Waals surface area (Å²) in [7, 11) is 0. The topological polar surface area (TPSA) is 118 Å². The molecule has 9 heteroatoms.